The fourth-order valence-electron chi connectivity index (χ4n) is 2.93. The summed E-state index contributed by atoms with van der Waals surface area (Å²) in [7, 11) is 0. The molecule has 1 heterocycles. The van der Waals surface area contributed by atoms with Gasteiger partial charge in [0.1, 0.15) is 5.78 Å². The molecule has 0 bridgehead atoms. The number of rotatable bonds is 5. The zero-order valence-corrected chi connectivity index (χ0v) is 10.5. The van der Waals surface area contributed by atoms with Gasteiger partial charge < -0.3 is 9.47 Å². The maximum absolute atomic E-state index is 12.2. The van der Waals surface area contributed by atoms with Crippen molar-refractivity contribution in [1.82, 2.24) is 0 Å². The van der Waals surface area contributed by atoms with Crippen LogP contribution in [0.25, 0.3) is 0 Å². The minimum atomic E-state index is -0.566. The van der Waals surface area contributed by atoms with E-state index >= 15 is 0 Å². The van der Waals surface area contributed by atoms with Gasteiger partial charge in [-0.2, -0.15) is 0 Å². The summed E-state index contributed by atoms with van der Waals surface area (Å²) >= 11 is 0. The van der Waals surface area contributed by atoms with Gasteiger partial charge in [0.15, 0.2) is 5.79 Å². The summed E-state index contributed by atoms with van der Waals surface area (Å²) in [5.41, 5.74) is 0. The molecule has 0 radical (unpaired) electrons. The summed E-state index contributed by atoms with van der Waals surface area (Å²) in [6, 6.07) is 0. The number of carbonyl (C=O) groups excluding carboxylic acids is 1. The highest BCUT2D eigenvalue weighted by atomic mass is 16.7. The molecule has 0 aromatic rings. The van der Waals surface area contributed by atoms with E-state index < -0.39 is 5.79 Å². The van der Waals surface area contributed by atoms with Crippen molar-refractivity contribution in [2.45, 2.75) is 50.7 Å². The lowest BCUT2D eigenvalue weighted by atomic mass is 9.79. The Morgan fingerprint density at radius 1 is 1.35 bits per heavy atom. The SMILES string of the molecule is C=CCCCC(=O)[C@H]1CCCCC12OCCO2. The van der Waals surface area contributed by atoms with Crippen LogP contribution in [0.4, 0.5) is 0 Å². The summed E-state index contributed by atoms with van der Waals surface area (Å²) < 4.78 is 11.5. The van der Waals surface area contributed by atoms with Gasteiger partial charge in [0.05, 0.1) is 19.1 Å². The Hall–Kier alpha value is -0.670. The van der Waals surface area contributed by atoms with Gasteiger partial charge in [-0.05, 0) is 25.7 Å². The molecule has 0 N–H and O–H groups in total. The lowest BCUT2D eigenvalue weighted by Crippen LogP contribution is -2.45. The molecule has 1 aliphatic carbocycles. The van der Waals surface area contributed by atoms with Gasteiger partial charge in [0, 0.05) is 12.8 Å². The molecular formula is C14H22O3. The van der Waals surface area contributed by atoms with Gasteiger partial charge in [-0.3, -0.25) is 4.79 Å². The van der Waals surface area contributed by atoms with Gasteiger partial charge in [-0.25, -0.2) is 0 Å². The van der Waals surface area contributed by atoms with Crippen molar-refractivity contribution < 1.29 is 14.3 Å². The smallest absolute Gasteiger partial charge is 0.178 e. The third kappa shape index (κ3) is 2.78. The van der Waals surface area contributed by atoms with Gasteiger partial charge in [-0.1, -0.05) is 12.5 Å². The van der Waals surface area contributed by atoms with Crippen LogP contribution in [0.5, 0.6) is 0 Å². The third-order valence-corrected chi connectivity index (χ3v) is 3.80. The number of ketones is 1. The molecule has 0 aromatic carbocycles. The molecule has 2 aliphatic rings. The molecule has 17 heavy (non-hydrogen) atoms. The summed E-state index contributed by atoms with van der Waals surface area (Å²) in [6.45, 7) is 4.95. The molecular weight excluding hydrogens is 216 g/mol. The zero-order chi connectivity index (χ0) is 12.1. The van der Waals surface area contributed by atoms with Crippen molar-refractivity contribution in [3.05, 3.63) is 12.7 Å². The molecule has 96 valence electrons. The molecule has 3 nitrogen and oxygen atoms in total. The molecule has 1 saturated carbocycles. The predicted molar refractivity (Wildman–Crippen MR) is 65.6 cm³/mol. The second kappa shape index (κ2) is 5.78. The Labute approximate surface area is 103 Å². The summed E-state index contributed by atoms with van der Waals surface area (Å²) in [4.78, 5) is 12.2. The average Bonchev–Trinajstić information content (AvgIpc) is 2.79. The first-order chi connectivity index (χ1) is 8.28. The van der Waals surface area contributed by atoms with E-state index in [0.29, 0.717) is 25.4 Å². The summed E-state index contributed by atoms with van der Waals surface area (Å²) in [6.07, 6.45) is 8.33. The Morgan fingerprint density at radius 2 is 2.12 bits per heavy atom. The van der Waals surface area contributed by atoms with Crippen LogP contribution in [0.15, 0.2) is 12.7 Å². The van der Waals surface area contributed by atoms with E-state index in [-0.39, 0.29) is 5.92 Å². The number of allylic oxidation sites excluding steroid dienone is 1. The molecule has 0 amide bonds. The van der Waals surface area contributed by atoms with E-state index in [1.807, 2.05) is 6.08 Å². The van der Waals surface area contributed by atoms with E-state index in [2.05, 4.69) is 6.58 Å². The molecule has 1 aliphatic heterocycles. The second-order valence-corrected chi connectivity index (χ2v) is 4.95. The molecule has 1 spiro atoms. The maximum atomic E-state index is 12.2. The summed E-state index contributed by atoms with van der Waals surface area (Å²) in [5, 5.41) is 0. The van der Waals surface area contributed by atoms with E-state index in [1.54, 1.807) is 0 Å². The van der Waals surface area contributed by atoms with E-state index in [1.165, 1.54) is 0 Å². The highest BCUT2D eigenvalue weighted by Gasteiger charge is 2.48. The molecule has 1 saturated heterocycles. The second-order valence-electron chi connectivity index (χ2n) is 4.95. The van der Waals surface area contributed by atoms with Crippen LogP contribution >= 0.6 is 0 Å². The minimum Gasteiger partial charge on any atom is -0.347 e. The first-order valence-electron chi connectivity index (χ1n) is 6.70. The van der Waals surface area contributed by atoms with E-state index in [0.717, 1.165) is 38.5 Å². The first kappa shape index (κ1) is 12.8. The van der Waals surface area contributed by atoms with Crippen LogP contribution in [-0.2, 0) is 14.3 Å². The van der Waals surface area contributed by atoms with Gasteiger partial charge in [0.25, 0.3) is 0 Å². The zero-order valence-electron chi connectivity index (χ0n) is 10.5. The molecule has 2 fully saturated rings. The van der Waals surface area contributed by atoms with Crippen molar-refractivity contribution >= 4 is 5.78 Å². The lowest BCUT2D eigenvalue weighted by molar-refractivity contribution is -0.211. The third-order valence-electron chi connectivity index (χ3n) is 3.80. The fourth-order valence-corrected chi connectivity index (χ4v) is 2.93. The summed E-state index contributed by atoms with van der Waals surface area (Å²) in [5.74, 6) is -0.291. The molecule has 2 rings (SSSR count). The van der Waals surface area contributed by atoms with Crippen LogP contribution in [0.3, 0.4) is 0 Å². The van der Waals surface area contributed by atoms with Crippen LogP contribution in [-0.4, -0.2) is 24.8 Å². The minimum absolute atomic E-state index is 0.0384. The fraction of sp³-hybridized carbons (Fsp3) is 0.786. The van der Waals surface area contributed by atoms with Crippen LogP contribution in [0, 0.1) is 5.92 Å². The highest BCUT2D eigenvalue weighted by Crippen LogP contribution is 2.41. The van der Waals surface area contributed by atoms with Gasteiger partial charge >= 0.3 is 0 Å². The van der Waals surface area contributed by atoms with Gasteiger partial charge in [0.2, 0.25) is 0 Å². The van der Waals surface area contributed by atoms with E-state index in [4.69, 9.17) is 9.47 Å². The van der Waals surface area contributed by atoms with Crippen LogP contribution in [0.2, 0.25) is 0 Å². The molecule has 0 aromatic heterocycles. The topological polar surface area (TPSA) is 35.5 Å². The molecule has 3 heteroatoms. The van der Waals surface area contributed by atoms with Gasteiger partial charge in [-0.15, -0.1) is 6.58 Å². The first-order valence-corrected chi connectivity index (χ1v) is 6.70. The number of hydrogen-bond acceptors (Lipinski definition) is 3. The number of carbonyl (C=O) groups is 1. The largest absolute Gasteiger partial charge is 0.347 e. The van der Waals surface area contributed by atoms with Crippen molar-refractivity contribution in [1.29, 1.82) is 0 Å². The lowest BCUT2D eigenvalue weighted by Gasteiger charge is -2.38. The number of ether oxygens (including phenoxy) is 2. The van der Waals surface area contributed by atoms with Crippen LogP contribution < -0.4 is 0 Å². The number of Topliss-reactive ketones (excluding diaryl/α,β-unsaturated/α-hetero) is 1. The van der Waals surface area contributed by atoms with E-state index in [9.17, 15) is 4.79 Å². The normalized spacial score (nSPS) is 27.2. The maximum Gasteiger partial charge on any atom is 0.178 e. The van der Waals surface area contributed by atoms with Crippen molar-refractivity contribution in [2.75, 3.05) is 13.2 Å². The Kier molecular flexibility index (Phi) is 4.35. The highest BCUT2D eigenvalue weighted by molar-refractivity contribution is 5.82. The van der Waals surface area contributed by atoms with Crippen molar-refractivity contribution in [2.24, 2.45) is 5.92 Å². The molecule has 1 atom stereocenters. The van der Waals surface area contributed by atoms with Crippen molar-refractivity contribution in [3.63, 3.8) is 0 Å². The molecule has 0 unspecified atom stereocenters. The van der Waals surface area contributed by atoms with Crippen molar-refractivity contribution in [3.8, 4) is 0 Å². The quantitative estimate of drug-likeness (QED) is 0.546. The number of hydrogen-bond donors (Lipinski definition) is 0. The standard InChI is InChI=1S/C14H22O3/c1-2-3-4-8-13(15)12-7-5-6-9-14(12)16-10-11-17-14/h2,12H,1,3-11H2/t12-/m1/s1. The predicted octanol–water partition coefficient (Wildman–Crippen LogP) is 2.85. The Morgan fingerprint density at radius 3 is 2.82 bits per heavy atom. The number of unbranched alkanes of at least 4 members (excludes halogenated alkanes) is 1. The Balaban J connectivity index is 1.96. The Bertz CT molecular complexity index is 279. The monoisotopic (exact) mass is 238 g/mol. The van der Waals surface area contributed by atoms with Crippen LogP contribution in [0.1, 0.15) is 44.9 Å². The average molecular weight is 238 g/mol.